The molecule has 0 radical (unpaired) electrons. The van der Waals surface area contributed by atoms with Crippen molar-refractivity contribution in [3.05, 3.63) is 28.0 Å². The molecular formula is C13H15BrF3NO. The zero-order chi connectivity index (χ0) is 14.0. The molecule has 1 fully saturated rings. The zero-order valence-electron chi connectivity index (χ0n) is 10.6. The second kappa shape index (κ2) is 5.71. The van der Waals surface area contributed by atoms with Crippen molar-refractivity contribution < 1.29 is 17.9 Å². The Kier molecular flexibility index (Phi) is 4.40. The van der Waals surface area contributed by atoms with Gasteiger partial charge in [0.05, 0.1) is 18.1 Å². The van der Waals surface area contributed by atoms with Crippen LogP contribution >= 0.6 is 15.9 Å². The van der Waals surface area contributed by atoms with Crippen LogP contribution in [0.4, 0.5) is 13.2 Å². The first-order chi connectivity index (χ1) is 8.93. The summed E-state index contributed by atoms with van der Waals surface area (Å²) in [6, 6.07) is 2.80. The van der Waals surface area contributed by atoms with Gasteiger partial charge < -0.3 is 4.74 Å². The molecule has 1 aliphatic heterocycles. The van der Waals surface area contributed by atoms with Gasteiger partial charge in [0, 0.05) is 18.5 Å². The van der Waals surface area contributed by atoms with Gasteiger partial charge in [-0.2, -0.15) is 0 Å². The summed E-state index contributed by atoms with van der Waals surface area (Å²) in [6.07, 6.45) is 0.368. The third-order valence-corrected chi connectivity index (χ3v) is 4.08. The minimum absolute atomic E-state index is 0.0784. The van der Waals surface area contributed by atoms with E-state index < -0.39 is 11.7 Å². The van der Waals surface area contributed by atoms with E-state index in [1.165, 1.54) is 19.2 Å². The van der Waals surface area contributed by atoms with Crippen LogP contribution in [0.2, 0.25) is 0 Å². The van der Waals surface area contributed by atoms with Crippen molar-refractivity contribution in [2.24, 2.45) is 0 Å². The van der Waals surface area contributed by atoms with Crippen molar-refractivity contribution >= 4 is 15.9 Å². The molecule has 0 saturated carbocycles. The van der Waals surface area contributed by atoms with E-state index in [-0.39, 0.29) is 24.0 Å². The van der Waals surface area contributed by atoms with E-state index in [0.29, 0.717) is 24.3 Å². The Hall–Kier alpha value is -0.750. The third kappa shape index (κ3) is 3.42. The number of methoxy groups -OCH3 is 1. The van der Waals surface area contributed by atoms with Crippen LogP contribution in [0, 0.1) is 5.82 Å². The van der Waals surface area contributed by atoms with Gasteiger partial charge in [-0.15, -0.1) is 0 Å². The molecule has 1 aliphatic rings. The average Bonchev–Trinajstić information content (AvgIpc) is 2.34. The van der Waals surface area contributed by atoms with Crippen LogP contribution in [0.5, 0.6) is 5.75 Å². The van der Waals surface area contributed by atoms with Gasteiger partial charge in [-0.25, -0.2) is 13.2 Å². The molecule has 0 aromatic heterocycles. The van der Waals surface area contributed by atoms with Crippen molar-refractivity contribution in [2.45, 2.75) is 25.3 Å². The largest absolute Gasteiger partial charge is 0.496 e. The first-order valence-corrected chi connectivity index (χ1v) is 6.83. The second-order valence-electron chi connectivity index (χ2n) is 4.71. The molecule has 1 heterocycles. The van der Waals surface area contributed by atoms with E-state index >= 15 is 0 Å². The quantitative estimate of drug-likeness (QED) is 0.831. The minimum atomic E-state index is -2.66. The highest BCUT2D eigenvalue weighted by Gasteiger charge is 2.35. The van der Waals surface area contributed by atoms with Gasteiger partial charge >= 0.3 is 0 Å². The van der Waals surface area contributed by atoms with E-state index in [0.717, 1.165) is 0 Å². The van der Waals surface area contributed by atoms with Gasteiger partial charge in [0.1, 0.15) is 11.6 Å². The fraction of sp³-hybridized carbons (Fsp3) is 0.538. The monoisotopic (exact) mass is 337 g/mol. The lowest BCUT2D eigenvalue weighted by Crippen LogP contribution is -2.42. The molecule has 0 atom stereocenters. The summed E-state index contributed by atoms with van der Waals surface area (Å²) in [5.41, 5.74) is 0.570. The summed E-state index contributed by atoms with van der Waals surface area (Å²) < 4.78 is 45.7. The van der Waals surface area contributed by atoms with Gasteiger partial charge in [-0.1, -0.05) is 0 Å². The lowest BCUT2D eigenvalue weighted by Gasteiger charge is -2.32. The van der Waals surface area contributed by atoms with Crippen molar-refractivity contribution in [1.29, 1.82) is 0 Å². The molecule has 106 valence electrons. The Balaban J connectivity index is 2.21. The number of nitrogens with zero attached hydrogens (tertiary/aromatic N) is 1. The lowest BCUT2D eigenvalue weighted by atomic mass is 10.1. The van der Waals surface area contributed by atoms with Crippen LogP contribution < -0.4 is 4.74 Å². The predicted molar refractivity (Wildman–Crippen MR) is 70.1 cm³/mol. The molecule has 0 bridgehead atoms. The van der Waals surface area contributed by atoms with Gasteiger partial charge in [0.15, 0.2) is 0 Å². The van der Waals surface area contributed by atoms with E-state index in [9.17, 15) is 13.2 Å². The van der Waals surface area contributed by atoms with Crippen LogP contribution in [0.3, 0.4) is 0 Å². The molecule has 0 spiro atoms. The molecule has 0 aliphatic carbocycles. The number of alkyl halides is 2. The van der Waals surface area contributed by atoms with Crippen LogP contribution in [-0.4, -0.2) is 31.0 Å². The number of hydrogen-bond donors (Lipinski definition) is 0. The number of hydrogen-bond acceptors (Lipinski definition) is 2. The topological polar surface area (TPSA) is 12.5 Å². The molecule has 2 nitrogen and oxygen atoms in total. The molecule has 0 unspecified atom stereocenters. The fourth-order valence-electron chi connectivity index (χ4n) is 2.32. The summed E-state index contributed by atoms with van der Waals surface area (Å²) in [7, 11) is 1.48. The fourth-order valence-corrected chi connectivity index (χ4v) is 2.77. The van der Waals surface area contributed by atoms with Crippen molar-refractivity contribution in [1.82, 2.24) is 4.90 Å². The summed E-state index contributed by atoms with van der Waals surface area (Å²) in [4.78, 5) is 1.63. The van der Waals surface area contributed by atoms with E-state index in [4.69, 9.17) is 4.74 Å². The Morgan fingerprint density at radius 1 is 1.42 bits per heavy atom. The Morgan fingerprint density at radius 3 is 2.79 bits per heavy atom. The van der Waals surface area contributed by atoms with Crippen molar-refractivity contribution in [2.75, 3.05) is 20.2 Å². The lowest BCUT2D eigenvalue weighted by molar-refractivity contribution is -0.0662. The van der Waals surface area contributed by atoms with E-state index in [1.807, 2.05) is 0 Å². The van der Waals surface area contributed by atoms with Gasteiger partial charge in [-0.05, 0) is 41.0 Å². The van der Waals surface area contributed by atoms with Crippen molar-refractivity contribution in [3.63, 3.8) is 0 Å². The smallest absolute Gasteiger partial charge is 0.260 e. The predicted octanol–water partition coefficient (Wildman–Crippen LogP) is 3.83. The molecule has 0 amide bonds. The highest BCUT2D eigenvalue weighted by atomic mass is 79.9. The van der Waals surface area contributed by atoms with Crippen LogP contribution in [-0.2, 0) is 6.54 Å². The van der Waals surface area contributed by atoms with Gasteiger partial charge in [-0.3, -0.25) is 4.90 Å². The summed E-state index contributed by atoms with van der Waals surface area (Å²) in [5, 5.41) is 0. The molecular weight excluding hydrogens is 323 g/mol. The minimum Gasteiger partial charge on any atom is -0.496 e. The molecule has 0 N–H and O–H groups in total. The SMILES string of the molecule is COc1ccc(F)c(Br)c1CN1CCCC(F)(F)C1. The third-order valence-electron chi connectivity index (χ3n) is 3.23. The van der Waals surface area contributed by atoms with E-state index in [2.05, 4.69) is 15.9 Å². The van der Waals surface area contributed by atoms with Gasteiger partial charge in [0.25, 0.3) is 5.92 Å². The first kappa shape index (κ1) is 14.7. The zero-order valence-corrected chi connectivity index (χ0v) is 12.1. The molecule has 19 heavy (non-hydrogen) atoms. The number of benzene rings is 1. The van der Waals surface area contributed by atoms with Crippen molar-refractivity contribution in [3.8, 4) is 5.75 Å². The Bertz CT molecular complexity index is 467. The number of likely N-dealkylation sites (tertiary alicyclic amines) is 1. The number of piperidine rings is 1. The number of halogens is 4. The van der Waals surface area contributed by atoms with Gasteiger partial charge in [0.2, 0.25) is 0 Å². The summed E-state index contributed by atoms with van der Waals surface area (Å²) >= 11 is 3.16. The molecule has 2 rings (SSSR count). The normalized spacial score (nSPS) is 19.4. The Morgan fingerprint density at radius 2 is 2.16 bits per heavy atom. The van der Waals surface area contributed by atoms with Crippen LogP contribution in [0.1, 0.15) is 18.4 Å². The molecule has 6 heteroatoms. The maximum Gasteiger partial charge on any atom is 0.260 e. The highest BCUT2D eigenvalue weighted by Crippen LogP contribution is 2.33. The summed E-state index contributed by atoms with van der Waals surface area (Å²) in [5.74, 6) is -2.58. The second-order valence-corrected chi connectivity index (χ2v) is 5.51. The molecule has 1 aromatic carbocycles. The number of rotatable bonds is 3. The van der Waals surface area contributed by atoms with Crippen LogP contribution in [0.25, 0.3) is 0 Å². The first-order valence-electron chi connectivity index (χ1n) is 6.04. The maximum absolute atomic E-state index is 13.5. The molecule has 1 saturated heterocycles. The molecule has 1 aromatic rings. The average molecular weight is 338 g/mol. The van der Waals surface area contributed by atoms with Crippen LogP contribution in [0.15, 0.2) is 16.6 Å². The highest BCUT2D eigenvalue weighted by molar-refractivity contribution is 9.10. The number of ether oxygens (including phenoxy) is 1. The van der Waals surface area contributed by atoms with E-state index in [1.54, 1.807) is 4.90 Å². The summed E-state index contributed by atoms with van der Waals surface area (Å²) in [6.45, 7) is 0.540. The maximum atomic E-state index is 13.5. The standard InChI is InChI=1S/C13H15BrF3NO/c1-19-11-4-3-10(15)12(14)9(11)7-18-6-2-5-13(16,17)8-18/h3-4H,2,5-8H2,1H3. The Labute approximate surface area is 118 Å².